The van der Waals surface area contributed by atoms with E-state index < -0.39 is 31.3 Å². The van der Waals surface area contributed by atoms with E-state index in [1.165, 1.54) is 35.1 Å². The molecule has 1 aliphatic carbocycles. The molecule has 0 spiro atoms. The van der Waals surface area contributed by atoms with Gasteiger partial charge >= 0.3 is 28.1 Å². The van der Waals surface area contributed by atoms with E-state index in [9.17, 15) is 26.3 Å². The molecule has 2 aromatic heterocycles. The molecule has 0 unspecified atom stereocenters. The summed E-state index contributed by atoms with van der Waals surface area (Å²) in [7, 11) is -7.54. The number of likely N-dealkylation sites (N-methyl/N-ethyl adjacent to an activating group) is 2. The molecule has 337 valence electrons. The van der Waals surface area contributed by atoms with E-state index in [4.69, 9.17) is 35.9 Å². The molecular formula is C42H52F6MnN4O6S2. The Balaban J connectivity index is 0.000000638. The van der Waals surface area contributed by atoms with Crippen LogP contribution >= 0.6 is 0 Å². The largest absolute Gasteiger partial charge is 2.00 e. The summed E-state index contributed by atoms with van der Waals surface area (Å²) in [5.74, 6) is 0. The average molecular weight is 942 g/mol. The van der Waals surface area contributed by atoms with Gasteiger partial charge in [-0.25, -0.2) is 16.8 Å². The predicted molar refractivity (Wildman–Crippen MR) is 216 cm³/mol. The number of nitrogens with zero attached hydrogens (tertiary/aromatic N) is 4. The Kier molecular flexibility index (Phi) is 18.8. The van der Waals surface area contributed by atoms with Crippen LogP contribution in [0.15, 0.2) is 97.3 Å². The van der Waals surface area contributed by atoms with Crippen molar-refractivity contribution in [3.05, 3.63) is 131 Å². The Labute approximate surface area is 366 Å². The number of aromatic nitrogens is 2. The molecule has 2 heterocycles. The van der Waals surface area contributed by atoms with Crippen LogP contribution in [0, 0.1) is 0 Å². The third-order valence-electron chi connectivity index (χ3n) is 10.2. The smallest absolute Gasteiger partial charge is 0.741 e. The molecule has 4 aromatic rings. The SMILES string of the molecule is CN([C@H](c1ccc(C(C)(C)C)cc1)c1ccccn1)[C@@H]1CCCC[C@H]1N(C)[C@H](c1ccc(C(C)(C)C)cc1)c1ccccn1.O=S(=O)([O-])C(F)(F)F.O=S(=O)([O-])C(F)(F)F.[Mn+2]. The van der Waals surface area contributed by atoms with Crippen LogP contribution < -0.4 is 0 Å². The quantitative estimate of drug-likeness (QED) is 0.0725. The van der Waals surface area contributed by atoms with Crippen molar-refractivity contribution in [1.29, 1.82) is 0 Å². The Bertz CT molecular complexity index is 2010. The maximum absolute atomic E-state index is 10.7. The first kappa shape index (κ1) is 53.7. The fourth-order valence-electron chi connectivity index (χ4n) is 7.06. The van der Waals surface area contributed by atoms with Gasteiger partial charge in [0, 0.05) is 24.5 Å². The molecular weight excluding hydrogens is 890 g/mol. The summed E-state index contributed by atoms with van der Waals surface area (Å²) in [6.45, 7) is 13.7. The van der Waals surface area contributed by atoms with Gasteiger partial charge in [0.25, 0.3) is 0 Å². The minimum Gasteiger partial charge on any atom is -0.741 e. The zero-order valence-electron chi connectivity index (χ0n) is 35.1. The van der Waals surface area contributed by atoms with Crippen LogP contribution in [0.4, 0.5) is 26.3 Å². The van der Waals surface area contributed by atoms with E-state index in [1.54, 1.807) is 0 Å². The number of alkyl halides is 6. The molecule has 5 rings (SSSR count). The van der Waals surface area contributed by atoms with Crippen LogP contribution in [0.5, 0.6) is 0 Å². The van der Waals surface area contributed by atoms with Crippen LogP contribution in [0.3, 0.4) is 0 Å². The molecule has 0 amide bonds. The minimum absolute atomic E-state index is 0. The topological polar surface area (TPSA) is 147 Å². The summed E-state index contributed by atoms with van der Waals surface area (Å²) in [6.07, 6.45) is 8.67. The summed E-state index contributed by atoms with van der Waals surface area (Å²) in [4.78, 5) is 15.0. The monoisotopic (exact) mass is 941 g/mol. The Morgan fingerprint density at radius 3 is 1.05 bits per heavy atom. The number of hydrogen-bond donors (Lipinski definition) is 0. The van der Waals surface area contributed by atoms with Crippen molar-refractivity contribution < 1.29 is 69.4 Å². The van der Waals surface area contributed by atoms with Crippen molar-refractivity contribution in [1.82, 2.24) is 19.8 Å². The Morgan fingerprint density at radius 1 is 0.557 bits per heavy atom. The molecule has 19 heteroatoms. The van der Waals surface area contributed by atoms with Crippen LogP contribution in [-0.2, 0) is 48.1 Å². The van der Waals surface area contributed by atoms with Gasteiger partial charge in [0.1, 0.15) is 0 Å². The molecule has 1 saturated carbocycles. The van der Waals surface area contributed by atoms with E-state index in [0.29, 0.717) is 12.1 Å². The number of benzene rings is 2. The van der Waals surface area contributed by atoms with Crippen molar-refractivity contribution in [3.63, 3.8) is 0 Å². The number of rotatable bonds is 8. The maximum Gasteiger partial charge on any atom is 2.00 e. The third kappa shape index (κ3) is 15.1. The van der Waals surface area contributed by atoms with Gasteiger partial charge in [-0.1, -0.05) is 115 Å². The standard InChI is InChI=1S/C40H52N4.2CHF3O3S.Mn/c1-39(2,3)31-23-19-29(20-24-31)37(33-15-11-13-27-41-33)43(7)35-17-9-10-18-36(35)44(8)38(34-16-12-14-28-42-34)30-21-25-32(26-22-30)40(4,5)6;2*2-1(3,4)8(5,6)7;/h11-16,19-28,35-38H,9-10,17-18H2,1-8H3;2*(H,5,6,7);/q;;;+2/p-2/t35-,36-,37-,38-;;;/m1.../s1. The normalized spacial score (nSPS) is 17.5. The van der Waals surface area contributed by atoms with Crippen LogP contribution in [0.1, 0.15) is 113 Å². The number of hydrogen-bond acceptors (Lipinski definition) is 10. The molecule has 1 radical (unpaired) electrons. The number of halogens is 6. The molecule has 0 saturated heterocycles. The van der Waals surface area contributed by atoms with Crippen molar-refractivity contribution in [3.8, 4) is 0 Å². The van der Waals surface area contributed by atoms with E-state index >= 15 is 0 Å². The van der Waals surface area contributed by atoms with Crippen LogP contribution in [-0.4, -0.2) is 82.9 Å². The van der Waals surface area contributed by atoms with Gasteiger partial charge in [0.05, 0.1) is 23.5 Å². The molecule has 0 bridgehead atoms. The first-order valence-corrected chi connectivity index (χ1v) is 21.8. The summed E-state index contributed by atoms with van der Waals surface area (Å²) in [5.41, 5.74) is -3.55. The molecule has 1 aliphatic rings. The predicted octanol–water partition coefficient (Wildman–Crippen LogP) is 9.23. The van der Waals surface area contributed by atoms with Crippen molar-refractivity contribution in [2.45, 2.75) is 113 Å². The van der Waals surface area contributed by atoms with Crippen LogP contribution in [0.25, 0.3) is 0 Å². The molecule has 10 nitrogen and oxygen atoms in total. The van der Waals surface area contributed by atoms with Gasteiger partial charge in [-0.05, 0) is 84.3 Å². The summed E-state index contributed by atoms with van der Waals surface area (Å²) < 4.78 is 118. The van der Waals surface area contributed by atoms with Gasteiger partial charge in [0.15, 0.2) is 20.2 Å². The van der Waals surface area contributed by atoms with Gasteiger partial charge in [-0.15, -0.1) is 0 Å². The van der Waals surface area contributed by atoms with E-state index in [0.717, 1.165) is 24.2 Å². The Hall–Kier alpha value is -3.42. The molecule has 0 N–H and O–H groups in total. The van der Waals surface area contributed by atoms with E-state index in [-0.39, 0.29) is 40.0 Å². The first-order chi connectivity index (χ1) is 27.4. The fourth-order valence-corrected chi connectivity index (χ4v) is 7.06. The maximum atomic E-state index is 10.7. The van der Waals surface area contributed by atoms with Gasteiger partial charge in [-0.3, -0.25) is 19.8 Å². The second-order valence-electron chi connectivity index (χ2n) is 16.6. The second-order valence-corrected chi connectivity index (χ2v) is 19.4. The van der Waals surface area contributed by atoms with Crippen molar-refractivity contribution in [2.75, 3.05) is 14.1 Å². The summed E-state index contributed by atoms with van der Waals surface area (Å²) >= 11 is 0. The summed E-state index contributed by atoms with van der Waals surface area (Å²) in [5, 5.41) is 0. The average Bonchev–Trinajstić information content (AvgIpc) is 3.14. The zero-order valence-corrected chi connectivity index (χ0v) is 37.9. The summed E-state index contributed by atoms with van der Waals surface area (Å²) in [6, 6.07) is 32.1. The third-order valence-corrected chi connectivity index (χ3v) is 11.4. The minimum atomic E-state index is -6.09. The fraction of sp³-hybridized carbons (Fsp3) is 0.476. The second kappa shape index (κ2) is 21.3. The molecule has 61 heavy (non-hydrogen) atoms. The van der Waals surface area contributed by atoms with Crippen LogP contribution in [0.2, 0.25) is 0 Å². The zero-order chi connectivity index (χ0) is 45.5. The molecule has 1 fully saturated rings. The van der Waals surface area contributed by atoms with Gasteiger partial charge in [-0.2, -0.15) is 26.3 Å². The molecule has 2 aromatic carbocycles. The number of pyridine rings is 2. The van der Waals surface area contributed by atoms with E-state index in [1.807, 2.05) is 24.5 Å². The molecule has 0 aliphatic heterocycles. The Morgan fingerprint density at radius 2 is 0.836 bits per heavy atom. The first-order valence-electron chi connectivity index (χ1n) is 19.0. The van der Waals surface area contributed by atoms with Gasteiger partial charge in [0.2, 0.25) is 0 Å². The molecule has 4 atom stereocenters. The van der Waals surface area contributed by atoms with E-state index in [2.05, 4.69) is 138 Å². The van der Waals surface area contributed by atoms with Gasteiger partial charge < -0.3 is 9.11 Å². The van der Waals surface area contributed by atoms with Crippen molar-refractivity contribution >= 4 is 20.2 Å². The van der Waals surface area contributed by atoms with Crippen molar-refractivity contribution in [2.24, 2.45) is 0 Å².